The van der Waals surface area contributed by atoms with Crippen molar-refractivity contribution in [1.82, 2.24) is 20.4 Å². The fourth-order valence-electron chi connectivity index (χ4n) is 2.06. The van der Waals surface area contributed by atoms with Crippen molar-refractivity contribution in [2.24, 2.45) is 7.05 Å². The van der Waals surface area contributed by atoms with E-state index in [4.69, 9.17) is 0 Å². The smallest absolute Gasteiger partial charge is 0.269 e. The van der Waals surface area contributed by atoms with E-state index >= 15 is 0 Å². The Labute approximate surface area is 95.2 Å². The quantitative estimate of drug-likeness (QED) is 0.752. The normalized spacial score (nSPS) is 20.8. The van der Waals surface area contributed by atoms with Crippen LogP contribution in [0.1, 0.15) is 29.0 Å². The molecule has 1 aliphatic rings. The third kappa shape index (κ3) is 2.41. The van der Waals surface area contributed by atoms with Crippen LogP contribution < -0.4 is 10.6 Å². The fraction of sp³-hybridized carbons (Fsp3) is 0.636. The topological polar surface area (TPSA) is 59.0 Å². The molecule has 2 N–H and O–H groups in total. The highest BCUT2D eigenvalue weighted by atomic mass is 16.2. The van der Waals surface area contributed by atoms with Crippen LogP contribution in [-0.4, -0.2) is 34.8 Å². The van der Waals surface area contributed by atoms with Gasteiger partial charge in [0, 0.05) is 19.6 Å². The first-order valence-electron chi connectivity index (χ1n) is 5.69. The number of aryl methyl sites for hydroxylation is 2. The Bertz CT molecular complexity index is 379. The number of nitrogens with one attached hydrogen (secondary N) is 2. The van der Waals surface area contributed by atoms with Gasteiger partial charge >= 0.3 is 0 Å². The summed E-state index contributed by atoms with van der Waals surface area (Å²) in [5, 5.41) is 10.5. The van der Waals surface area contributed by atoms with Crippen LogP contribution in [0.3, 0.4) is 0 Å². The summed E-state index contributed by atoms with van der Waals surface area (Å²) < 4.78 is 1.63. The third-order valence-corrected chi connectivity index (χ3v) is 2.87. The van der Waals surface area contributed by atoms with Crippen molar-refractivity contribution < 1.29 is 4.79 Å². The molecule has 1 atom stereocenters. The molecule has 16 heavy (non-hydrogen) atoms. The first-order valence-corrected chi connectivity index (χ1v) is 5.69. The minimum Gasteiger partial charge on any atom is -0.347 e. The second-order valence-electron chi connectivity index (χ2n) is 4.31. The molecule has 0 bridgehead atoms. The number of aromatic nitrogens is 2. The van der Waals surface area contributed by atoms with Gasteiger partial charge in [-0.2, -0.15) is 5.10 Å². The predicted octanol–water partition coefficient (Wildman–Crippen LogP) is 0.210. The molecular weight excluding hydrogens is 204 g/mol. The Balaban J connectivity index is 1.99. The molecule has 1 saturated heterocycles. The van der Waals surface area contributed by atoms with E-state index in [9.17, 15) is 4.79 Å². The average molecular weight is 222 g/mol. The molecule has 1 aromatic heterocycles. The summed E-state index contributed by atoms with van der Waals surface area (Å²) >= 11 is 0. The molecule has 2 rings (SSSR count). The van der Waals surface area contributed by atoms with Gasteiger partial charge in [-0.25, -0.2) is 0 Å². The van der Waals surface area contributed by atoms with Gasteiger partial charge in [0.15, 0.2) is 0 Å². The number of carbonyl (C=O) groups excluding carboxylic acids is 1. The van der Waals surface area contributed by atoms with Gasteiger partial charge in [-0.05, 0) is 32.4 Å². The molecule has 1 amide bonds. The van der Waals surface area contributed by atoms with Gasteiger partial charge in [0.05, 0.1) is 5.69 Å². The van der Waals surface area contributed by atoms with Crippen LogP contribution in [0.15, 0.2) is 6.07 Å². The van der Waals surface area contributed by atoms with Gasteiger partial charge in [-0.1, -0.05) is 0 Å². The molecule has 1 aliphatic heterocycles. The zero-order valence-electron chi connectivity index (χ0n) is 9.79. The second-order valence-corrected chi connectivity index (χ2v) is 4.31. The minimum absolute atomic E-state index is 0.0307. The maximum absolute atomic E-state index is 11.9. The first-order chi connectivity index (χ1) is 7.66. The van der Waals surface area contributed by atoms with Crippen molar-refractivity contribution in [3.63, 3.8) is 0 Å². The minimum atomic E-state index is -0.0307. The van der Waals surface area contributed by atoms with Gasteiger partial charge in [-0.15, -0.1) is 0 Å². The number of amides is 1. The Morgan fingerprint density at radius 2 is 2.50 bits per heavy atom. The van der Waals surface area contributed by atoms with Crippen LogP contribution in [-0.2, 0) is 7.05 Å². The molecule has 0 unspecified atom stereocenters. The van der Waals surface area contributed by atoms with E-state index in [2.05, 4.69) is 15.7 Å². The monoisotopic (exact) mass is 222 g/mol. The van der Waals surface area contributed by atoms with E-state index in [1.807, 2.05) is 13.0 Å². The van der Waals surface area contributed by atoms with Crippen LogP contribution in [0.4, 0.5) is 0 Å². The number of carbonyl (C=O) groups is 1. The number of hydrogen-bond donors (Lipinski definition) is 2. The summed E-state index contributed by atoms with van der Waals surface area (Å²) in [6.45, 7) is 3.80. The lowest BCUT2D eigenvalue weighted by Crippen LogP contribution is -2.46. The van der Waals surface area contributed by atoms with Gasteiger partial charge in [0.25, 0.3) is 5.91 Å². The predicted molar refractivity (Wildman–Crippen MR) is 61.3 cm³/mol. The van der Waals surface area contributed by atoms with Crippen molar-refractivity contribution >= 4 is 5.91 Å². The Morgan fingerprint density at radius 3 is 3.06 bits per heavy atom. The van der Waals surface area contributed by atoms with Gasteiger partial charge in [0.1, 0.15) is 5.69 Å². The molecule has 0 spiro atoms. The van der Waals surface area contributed by atoms with Gasteiger partial charge < -0.3 is 10.6 Å². The zero-order valence-corrected chi connectivity index (χ0v) is 9.79. The summed E-state index contributed by atoms with van der Waals surface area (Å²) in [5.74, 6) is -0.0307. The Hall–Kier alpha value is -1.36. The molecule has 0 aromatic carbocycles. The van der Waals surface area contributed by atoms with Gasteiger partial charge in [-0.3, -0.25) is 9.48 Å². The highest BCUT2D eigenvalue weighted by Crippen LogP contribution is 2.05. The molecule has 1 fully saturated rings. The van der Waals surface area contributed by atoms with Crippen LogP contribution >= 0.6 is 0 Å². The highest BCUT2D eigenvalue weighted by Gasteiger charge is 2.18. The zero-order chi connectivity index (χ0) is 11.5. The standard InChI is InChI=1S/C11H18N4O/c1-8-6-10(15(2)14-8)11(16)13-9-4-3-5-12-7-9/h6,9,12H,3-5,7H2,1-2H3,(H,13,16)/t9-/m1/s1. The molecule has 0 aliphatic carbocycles. The van der Waals surface area contributed by atoms with Crippen LogP contribution in [0.25, 0.3) is 0 Å². The summed E-state index contributed by atoms with van der Waals surface area (Å²) in [7, 11) is 1.79. The van der Waals surface area contributed by atoms with E-state index in [0.29, 0.717) is 5.69 Å². The number of nitrogens with zero attached hydrogens (tertiary/aromatic N) is 2. The molecular formula is C11H18N4O. The van der Waals surface area contributed by atoms with E-state index < -0.39 is 0 Å². The number of rotatable bonds is 2. The molecule has 88 valence electrons. The molecule has 1 aromatic rings. The lowest BCUT2D eigenvalue weighted by atomic mass is 10.1. The van der Waals surface area contributed by atoms with Crippen molar-refractivity contribution in [2.45, 2.75) is 25.8 Å². The fourth-order valence-corrected chi connectivity index (χ4v) is 2.06. The summed E-state index contributed by atoms with van der Waals surface area (Å²) in [4.78, 5) is 11.9. The van der Waals surface area contributed by atoms with E-state index in [0.717, 1.165) is 31.6 Å². The maximum Gasteiger partial charge on any atom is 0.269 e. The van der Waals surface area contributed by atoms with Crippen LogP contribution in [0.5, 0.6) is 0 Å². The number of hydrogen-bond acceptors (Lipinski definition) is 3. The van der Waals surface area contributed by atoms with Crippen LogP contribution in [0.2, 0.25) is 0 Å². The van der Waals surface area contributed by atoms with Crippen molar-refractivity contribution in [1.29, 1.82) is 0 Å². The van der Waals surface area contributed by atoms with Crippen LogP contribution in [0, 0.1) is 6.92 Å². The van der Waals surface area contributed by atoms with E-state index in [-0.39, 0.29) is 11.9 Å². The lowest BCUT2D eigenvalue weighted by Gasteiger charge is -2.23. The summed E-state index contributed by atoms with van der Waals surface area (Å²) in [6.07, 6.45) is 2.17. The summed E-state index contributed by atoms with van der Waals surface area (Å²) in [6, 6.07) is 2.06. The van der Waals surface area contributed by atoms with Crippen molar-refractivity contribution in [3.8, 4) is 0 Å². The molecule has 2 heterocycles. The molecule has 5 nitrogen and oxygen atoms in total. The third-order valence-electron chi connectivity index (χ3n) is 2.87. The largest absolute Gasteiger partial charge is 0.347 e. The van der Waals surface area contributed by atoms with E-state index in [1.165, 1.54) is 0 Å². The maximum atomic E-state index is 11.9. The van der Waals surface area contributed by atoms with Gasteiger partial charge in [0.2, 0.25) is 0 Å². The number of piperidine rings is 1. The molecule has 0 radical (unpaired) electrons. The van der Waals surface area contributed by atoms with Crippen molar-refractivity contribution in [2.75, 3.05) is 13.1 Å². The molecule has 5 heteroatoms. The molecule has 0 saturated carbocycles. The average Bonchev–Trinajstić information content (AvgIpc) is 2.59. The second kappa shape index (κ2) is 4.65. The summed E-state index contributed by atoms with van der Waals surface area (Å²) in [5.41, 5.74) is 1.50. The van der Waals surface area contributed by atoms with E-state index in [1.54, 1.807) is 11.7 Å². The lowest BCUT2D eigenvalue weighted by molar-refractivity contribution is 0.0921. The SMILES string of the molecule is Cc1cc(C(=O)N[C@@H]2CCCNC2)n(C)n1. The first kappa shape index (κ1) is 11.1. The highest BCUT2D eigenvalue weighted by molar-refractivity contribution is 5.92. The Morgan fingerprint density at radius 1 is 1.69 bits per heavy atom. The van der Waals surface area contributed by atoms with Crippen molar-refractivity contribution in [3.05, 3.63) is 17.5 Å². The Kier molecular flexibility index (Phi) is 3.24.